The number of carboxylic acids is 1. The van der Waals surface area contributed by atoms with Crippen LogP contribution in [-0.2, 0) is 26.5 Å². The van der Waals surface area contributed by atoms with Gasteiger partial charge in [0.1, 0.15) is 0 Å². The summed E-state index contributed by atoms with van der Waals surface area (Å²) in [5, 5.41) is 16.7. The van der Waals surface area contributed by atoms with Crippen LogP contribution in [0, 0.1) is 5.92 Å². The Morgan fingerprint density at radius 1 is 1.00 bits per heavy atom. The third-order valence-corrected chi connectivity index (χ3v) is 2.26. The second kappa shape index (κ2) is 30.8. The van der Waals surface area contributed by atoms with Crippen LogP contribution in [0.5, 0.6) is 0 Å². The minimum absolute atomic E-state index is 0. The summed E-state index contributed by atoms with van der Waals surface area (Å²) in [4.78, 5) is 10.4. The summed E-state index contributed by atoms with van der Waals surface area (Å²) in [5.74, 6) is -0.754. The van der Waals surface area contributed by atoms with Crippen molar-refractivity contribution in [1.82, 2.24) is 0 Å². The third-order valence-electron chi connectivity index (χ3n) is 2.26. The molecule has 0 saturated carbocycles. The second-order valence-corrected chi connectivity index (χ2v) is 3.66. The van der Waals surface area contributed by atoms with Gasteiger partial charge in [-0.1, -0.05) is 40.0 Å². The zero-order valence-electron chi connectivity index (χ0n) is 12.3. The number of hydrogen-bond donors (Lipinski definition) is 2. The molecule has 0 aromatic carbocycles. The molecule has 0 heterocycles. The number of hydrogen-bond acceptors (Lipinski definition) is 2. The van der Waals surface area contributed by atoms with Gasteiger partial charge >= 0.3 is 5.97 Å². The first-order chi connectivity index (χ1) is 7.13. The van der Waals surface area contributed by atoms with Crippen molar-refractivity contribution >= 4 is 5.97 Å². The van der Waals surface area contributed by atoms with Crippen molar-refractivity contribution in [2.45, 2.75) is 59.3 Å². The van der Waals surface area contributed by atoms with Gasteiger partial charge in [0.15, 0.2) is 0 Å². The van der Waals surface area contributed by atoms with Crippen LogP contribution in [0.2, 0.25) is 0 Å². The molecule has 0 aliphatic carbocycles. The second-order valence-electron chi connectivity index (χ2n) is 3.66. The van der Waals surface area contributed by atoms with Crippen molar-refractivity contribution in [2.24, 2.45) is 5.92 Å². The summed E-state index contributed by atoms with van der Waals surface area (Å²) in [5.41, 5.74) is 0. The minimum Gasteiger partial charge on any atom is -0.481 e. The molecule has 0 aromatic rings. The molecule has 0 amide bonds. The van der Waals surface area contributed by atoms with E-state index in [1.165, 1.54) is 0 Å². The molecule has 1 atom stereocenters. The first-order valence-corrected chi connectivity index (χ1v) is 5.97. The summed E-state index contributed by atoms with van der Waals surface area (Å²) in [6.45, 7) is 6.40. The molecule has 6 nitrogen and oxygen atoms in total. The van der Waals surface area contributed by atoms with Crippen LogP contribution in [0.3, 0.4) is 0 Å². The summed E-state index contributed by atoms with van der Waals surface area (Å²) in [6, 6.07) is 0. The molecule has 19 heavy (non-hydrogen) atoms. The Hall–Kier alpha value is 0.0243. The van der Waals surface area contributed by atoms with E-state index in [0.717, 1.165) is 38.5 Å². The first-order valence-electron chi connectivity index (χ1n) is 5.97. The van der Waals surface area contributed by atoms with Crippen molar-refractivity contribution in [3.8, 4) is 0 Å². The summed E-state index contributed by atoms with van der Waals surface area (Å²) in [6.07, 6.45) is 5.75. The molecule has 0 rings (SSSR count). The number of unbranched alkanes of at least 4 members (excludes halogenated alkanes) is 2. The van der Waals surface area contributed by atoms with Crippen LogP contribution in [0.1, 0.15) is 59.3 Å². The molecule has 7 heteroatoms. The molecule has 0 aliphatic rings. The van der Waals surface area contributed by atoms with E-state index in [4.69, 9.17) is 10.2 Å². The van der Waals surface area contributed by atoms with Crippen molar-refractivity contribution in [3.05, 3.63) is 0 Å². The number of aliphatic hydroxyl groups excluding tert-OH is 1. The van der Waals surface area contributed by atoms with Gasteiger partial charge in [-0.25, -0.2) is 0 Å². The van der Waals surface area contributed by atoms with Crippen molar-refractivity contribution < 1.29 is 53.2 Å². The third kappa shape index (κ3) is 32.0. The number of aliphatic carboxylic acids is 1. The predicted molar refractivity (Wildman–Crippen MR) is 73.8 cm³/mol. The van der Waals surface area contributed by atoms with E-state index in [9.17, 15) is 4.79 Å². The normalized spacial score (nSPS) is 9.05. The smallest absolute Gasteiger partial charge is 0.306 e. The van der Waals surface area contributed by atoms with Gasteiger partial charge in [-0.2, -0.15) is 0 Å². The Morgan fingerprint density at radius 3 is 1.58 bits per heavy atom. The Morgan fingerprint density at radius 2 is 1.42 bits per heavy atom. The fraction of sp³-hybridized carbons (Fsp3) is 0.917. The van der Waals surface area contributed by atoms with E-state index in [2.05, 4.69) is 13.8 Å². The maximum absolute atomic E-state index is 10.4. The van der Waals surface area contributed by atoms with E-state index < -0.39 is 5.97 Å². The van der Waals surface area contributed by atoms with E-state index in [0.29, 0.717) is 6.61 Å². The molecule has 0 saturated heterocycles. The number of aliphatic hydroxyl groups is 1. The Kier molecular flexibility index (Phi) is 59.1. The minimum atomic E-state index is -0.643. The van der Waals surface area contributed by atoms with Crippen LogP contribution in [-0.4, -0.2) is 39.2 Å². The zero-order valence-corrected chi connectivity index (χ0v) is 13.9. The average molecular weight is 320 g/mol. The van der Waals surface area contributed by atoms with Gasteiger partial charge in [-0.3, -0.25) is 4.79 Å². The van der Waals surface area contributed by atoms with Crippen LogP contribution < -0.4 is 0 Å². The number of rotatable bonds is 7. The van der Waals surface area contributed by atoms with Gasteiger partial charge in [0.25, 0.3) is 0 Å². The van der Waals surface area contributed by atoms with Gasteiger partial charge < -0.3 is 26.6 Å². The van der Waals surface area contributed by atoms with Gasteiger partial charge in [-0.05, 0) is 19.3 Å². The first kappa shape index (κ1) is 36.4. The van der Waals surface area contributed by atoms with Crippen molar-refractivity contribution in [2.75, 3.05) is 6.61 Å². The molecule has 120 valence electrons. The van der Waals surface area contributed by atoms with E-state index in [1.807, 2.05) is 6.92 Å². The van der Waals surface area contributed by atoms with Gasteiger partial charge in [0, 0.05) is 28.3 Å². The van der Waals surface area contributed by atoms with Crippen LogP contribution in [0.15, 0.2) is 0 Å². The van der Waals surface area contributed by atoms with Crippen molar-refractivity contribution in [3.63, 3.8) is 0 Å². The standard InChI is InChI=1S/C8H16O2.C4H10O.3H2O.Ti/c1-3-5-6-7(4-2)8(9)10;1-2-3-4-5;;;;/h7H,3-6H2,1-2H3,(H,9,10);5H,2-4H2,1H3;3*1H2;. The molecule has 0 aliphatic heterocycles. The van der Waals surface area contributed by atoms with E-state index >= 15 is 0 Å². The van der Waals surface area contributed by atoms with Gasteiger partial charge in [-0.15, -0.1) is 0 Å². The number of carboxylic acid groups (broad SMARTS) is 1. The van der Waals surface area contributed by atoms with Crippen LogP contribution >= 0.6 is 0 Å². The average Bonchev–Trinajstić information content (AvgIpc) is 2.20. The molecular weight excluding hydrogens is 288 g/mol. The molecule has 0 fully saturated rings. The summed E-state index contributed by atoms with van der Waals surface area (Å²) >= 11 is 0. The SMILES string of the molecule is CCCCC(CC)C(=O)O.CCCCO.O.O.O.[Ti]. The largest absolute Gasteiger partial charge is 0.481 e. The monoisotopic (exact) mass is 320 g/mol. The molecular formula is C12H32O6Ti. The molecule has 0 radical (unpaired) electrons. The van der Waals surface area contributed by atoms with Crippen molar-refractivity contribution in [1.29, 1.82) is 0 Å². The summed E-state index contributed by atoms with van der Waals surface area (Å²) in [7, 11) is 0. The van der Waals surface area contributed by atoms with Gasteiger partial charge in [0.05, 0.1) is 5.92 Å². The van der Waals surface area contributed by atoms with Gasteiger partial charge in [0.2, 0.25) is 0 Å². The maximum Gasteiger partial charge on any atom is 0.306 e. The fourth-order valence-corrected chi connectivity index (χ4v) is 1.11. The topological polar surface area (TPSA) is 152 Å². The Balaban J connectivity index is -0.0000000418. The molecule has 0 bridgehead atoms. The van der Waals surface area contributed by atoms with E-state index in [1.54, 1.807) is 0 Å². The Bertz CT molecular complexity index is 144. The van der Waals surface area contributed by atoms with E-state index in [-0.39, 0.29) is 44.1 Å². The Labute approximate surface area is 131 Å². The quantitative estimate of drug-likeness (QED) is 0.660. The van der Waals surface area contributed by atoms with Crippen LogP contribution in [0.4, 0.5) is 0 Å². The molecule has 1 unspecified atom stereocenters. The number of carbonyl (C=O) groups is 1. The van der Waals surface area contributed by atoms with Crippen LogP contribution in [0.25, 0.3) is 0 Å². The molecule has 8 N–H and O–H groups in total. The molecule has 0 aromatic heterocycles. The zero-order chi connectivity index (χ0) is 12.1. The maximum atomic E-state index is 10.4. The summed E-state index contributed by atoms with van der Waals surface area (Å²) < 4.78 is 0. The molecule has 0 spiro atoms. The predicted octanol–water partition coefficient (Wildman–Crippen LogP) is 0.590. The fourth-order valence-electron chi connectivity index (χ4n) is 1.11.